The van der Waals surface area contributed by atoms with Crippen LogP contribution in [0.5, 0.6) is 5.75 Å². The van der Waals surface area contributed by atoms with Crippen molar-refractivity contribution in [3.05, 3.63) is 54.6 Å². The standard InChI is InChI=1S/C28H36N6O2S2Si/c1-8-34(9-2)22-14-10-20(11-15-22)31-33-27-29-26-24(37-27)18-25(38-26)32-30-21-12-16-23(17-13-21)35-19-36-39(6,7)28(3,4)5/h10-18H,8-9,19H2,1-7H3. The van der Waals surface area contributed by atoms with Crippen LogP contribution < -0.4 is 9.64 Å². The summed E-state index contributed by atoms with van der Waals surface area (Å²) in [5, 5.41) is 19.0. The molecule has 4 aromatic rings. The van der Waals surface area contributed by atoms with Gasteiger partial charge in [-0.25, -0.2) is 4.98 Å². The van der Waals surface area contributed by atoms with Crippen molar-refractivity contribution in [1.29, 1.82) is 0 Å². The maximum Gasteiger partial charge on any atom is 0.231 e. The molecule has 0 atom stereocenters. The zero-order valence-corrected chi connectivity index (χ0v) is 26.3. The van der Waals surface area contributed by atoms with E-state index in [2.05, 4.69) is 90.2 Å². The van der Waals surface area contributed by atoms with E-state index >= 15 is 0 Å². The zero-order valence-electron chi connectivity index (χ0n) is 23.6. The molecule has 206 valence electrons. The van der Waals surface area contributed by atoms with Crippen molar-refractivity contribution in [3.63, 3.8) is 0 Å². The van der Waals surface area contributed by atoms with Crippen molar-refractivity contribution in [1.82, 2.24) is 4.98 Å². The van der Waals surface area contributed by atoms with E-state index in [1.165, 1.54) is 28.4 Å². The molecule has 0 saturated carbocycles. The van der Waals surface area contributed by atoms with Crippen molar-refractivity contribution < 1.29 is 9.16 Å². The molecule has 0 aliphatic rings. The predicted molar refractivity (Wildman–Crippen MR) is 166 cm³/mol. The van der Waals surface area contributed by atoms with Gasteiger partial charge < -0.3 is 14.1 Å². The molecule has 0 unspecified atom stereocenters. The molecule has 2 aromatic carbocycles. The van der Waals surface area contributed by atoms with E-state index in [-0.39, 0.29) is 11.8 Å². The van der Waals surface area contributed by atoms with E-state index in [0.717, 1.165) is 44.7 Å². The fourth-order valence-electron chi connectivity index (χ4n) is 3.40. The molecule has 0 amide bonds. The minimum absolute atomic E-state index is 0.149. The molecule has 4 rings (SSSR count). The molecule has 0 N–H and O–H groups in total. The molecule has 8 nitrogen and oxygen atoms in total. The van der Waals surface area contributed by atoms with Crippen LogP contribution >= 0.6 is 22.7 Å². The minimum Gasteiger partial charge on any atom is -0.469 e. The number of rotatable bonds is 11. The largest absolute Gasteiger partial charge is 0.469 e. The van der Waals surface area contributed by atoms with Crippen LogP contribution in [-0.2, 0) is 4.43 Å². The second kappa shape index (κ2) is 12.5. The van der Waals surface area contributed by atoms with E-state index in [0.29, 0.717) is 5.13 Å². The lowest BCUT2D eigenvalue weighted by Gasteiger charge is -2.35. The number of azo groups is 2. The van der Waals surface area contributed by atoms with Gasteiger partial charge in [0.15, 0.2) is 15.1 Å². The maximum atomic E-state index is 6.08. The van der Waals surface area contributed by atoms with Crippen LogP contribution in [0.1, 0.15) is 34.6 Å². The first-order valence-electron chi connectivity index (χ1n) is 13.0. The third-order valence-electron chi connectivity index (χ3n) is 6.85. The number of hydrogen-bond donors (Lipinski definition) is 0. The Morgan fingerprint density at radius 2 is 1.46 bits per heavy atom. The molecule has 0 saturated heterocycles. The van der Waals surface area contributed by atoms with Crippen molar-refractivity contribution in [2.45, 2.75) is 52.8 Å². The summed E-state index contributed by atoms with van der Waals surface area (Å²) in [7, 11) is -1.83. The molecule has 0 radical (unpaired) electrons. The summed E-state index contributed by atoms with van der Waals surface area (Å²) in [5.74, 6) is 0.745. The zero-order chi connectivity index (χ0) is 28.0. The first-order chi connectivity index (χ1) is 18.6. The summed E-state index contributed by atoms with van der Waals surface area (Å²) < 4.78 is 12.9. The Bertz CT molecular complexity index is 1390. The van der Waals surface area contributed by atoms with Gasteiger partial charge in [-0.1, -0.05) is 43.4 Å². The highest BCUT2D eigenvalue weighted by Gasteiger charge is 2.37. The molecular formula is C28H36N6O2S2Si. The van der Waals surface area contributed by atoms with Crippen LogP contribution in [0.4, 0.5) is 27.2 Å². The summed E-state index contributed by atoms with van der Waals surface area (Å²) in [6.07, 6.45) is 0. The van der Waals surface area contributed by atoms with Crippen LogP contribution in [0.15, 0.2) is 75.1 Å². The predicted octanol–water partition coefficient (Wildman–Crippen LogP) is 10.4. The molecule has 0 bridgehead atoms. The summed E-state index contributed by atoms with van der Waals surface area (Å²) in [5.41, 5.74) is 2.74. The maximum absolute atomic E-state index is 6.08. The molecule has 0 aliphatic carbocycles. The number of anilines is 1. The Kier molecular flexibility index (Phi) is 9.26. The van der Waals surface area contributed by atoms with Gasteiger partial charge in [0.05, 0.1) is 16.1 Å². The van der Waals surface area contributed by atoms with Crippen molar-refractivity contribution in [3.8, 4) is 5.75 Å². The van der Waals surface area contributed by atoms with Gasteiger partial charge in [-0.3, -0.25) is 0 Å². The van der Waals surface area contributed by atoms with Gasteiger partial charge in [0.25, 0.3) is 0 Å². The van der Waals surface area contributed by atoms with Crippen molar-refractivity contribution >= 4 is 67.7 Å². The smallest absolute Gasteiger partial charge is 0.231 e. The summed E-state index contributed by atoms with van der Waals surface area (Å²) in [6, 6.07) is 17.6. The molecule has 39 heavy (non-hydrogen) atoms. The Hall–Kier alpha value is -2.99. The molecule has 2 aromatic heterocycles. The van der Waals surface area contributed by atoms with E-state index in [9.17, 15) is 0 Å². The molecule has 0 fully saturated rings. The summed E-state index contributed by atoms with van der Waals surface area (Å²) in [6.45, 7) is 17.6. The Balaban J connectivity index is 1.32. The highest BCUT2D eigenvalue weighted by atomic mass is 32.1. The highest BCUT2D eigenvalue weighted by molar-refractivity contribution is 7.30. The molecular weight excluding hydrogens is 545 g/mol. The third-order valence-corrected chi connectivity index (χ3v) is 13.2. The molecule has 11 heteroatoms. The van der Waals surface area contributed by atoms with Gasteiger partial charge >= 0.3 is 0 Å². The number of benzene rings is 2. The lowest BCUT2D eigenvalue weighted by molar-refractivity contribution is 0.106. The van der Waals surface area contributed by atoms with Crippen molar-refractivity contribution in [2.24, 2.45) is 20.5 Å². The van der Waals surface area contributed by atoms with Crippen LogP contribution in [0.25, 0.3) is 9.53 Å². The first-order valence-corrected chi connectivity index (χ1v) is 17.6. The SMILES string of the molecule is CCN(CC)c1ccc(N=Nc2nc3sc(N=Nc4ccc(OCO[Si](C)(C)C(C)(C)C)cc4)cc3s2)cc1. The van der Waals surface area contributed by atoms with Gasteiger partial charge in [-0.2, -0.15) is 0 Å². The van der Waals surface area contributed by atoms with Gasteiger partial charge in [-0.05, 0) is 86.6 Å². The molecule has 0 spiro atoms. The lowest BCUT2D eigenvalue weighted by atomic mass is 10.2. The topological polar surface area (TPSA) is 84.0 Å². The number of thiophene rings is 1. The highest BCUT2D eigenvalue weighted by Crippen LogP contribution is 2.39. The van der Waals surface area contributed by atoms with E-state index < -0.39 is 8.32 Å². The van der Waals surface area contributed by atoms with E-state index in [1.54, 1.807) is 0 Å². The fourth-order valence-corrected chi connectivity index (χ4v) is 6.04. The van der Waals surface area contributed by atoms with Crippen molar-refractivity contribution in [2.75, 3.05) is 24.8 Å². The molecule has 2 heterocycles. The summed E-state index contributed by atoms with van der Waals surface area (Å²) >= 11 is 2.97. The van der Waals surface area contributed by atoms with Gasteiger partial charge in [0, 0.05) is 18.8 Å². The minimum atomic E-state index is -1.83. The van der Waals surface area contributed by atoms with Gasteiger partial charge in [-0.15, -0.1) is 20.5 Å². The number of fused-ring (bicyclic) bond motifs is 1. The number of hydrogen-bond acceptors (Lipinski definition) is 10. The quantitative estimate of drug-likeness (QED) is 0.100. The van der Waals surface area contributed by atoms with Crippen LogP contribution in [0.2, 0.25) is 18.1 Å². The van der Waals surface area contributed by atoms with E-state index in [4.69, 9.17) is 9.16 Å². The number of aromatic nitrogens is 1. The first kappa shape index (κ1) is 29.0. The Morgan fingerprint density at radius 3 is 2.05 bits per heavy atom. The fraction of sp³-hybridized carbons (Fsp3) is 0.393. The number of nitrogens with zero attached hydrogens (tertiary/aromatic N) is 6. The number of thiazole rings is 1. The van der Waals surface area contributed by atoms with Gasteiger partial charge in [0.1, 0.15) is 15.6 Å². The average molecular weight is 581 g/mol. The Morgan fingerprint density at radius 1 is 0.846 bits per heavy atom. The van der Waals surface area contributed by atoms with Crippen LogP contribution in [-0.4, -0.2) is 33.2 Å². The summed E-state index contributed by atoms with van der Waals surface area (Å²) in [4.78, 5) is 7.76. The monoisotopic (exact) mass is 580 g/mol. The average Bonchev–Trinajstić information content (AvgIpc) is 3.46. The second-order valence-electron chi connectivity index (χ2n) is 10.5. The number of ether oxygens (including phenoxy) is 1. The third kappa shape index (κ3) is 7.56. The van der Waals surface area contributed by atoms with E-state index in [1.807, 2.05) is 42.5 Å². The normalized spacial score (nSPS) is 12.7. The van der Waals surface area contributed by atoms with Crippen LogP contribution in [0.3, 0.4) is 0 Å². The lowest BCUT2D eigenvalue weighted by Crippen LogP contribution is -2.41. The second-order valence-corrected chi connectivity index (χ2v) is 17.3. The molecule has 0 aliphatic heterocycles. The Labute approximate surface area is 239 Å². The van der Waals surface area contributed by atoms with Crippen LogP contribution in [0, 0.1) is 0 Å². The van der Waals surface area contributed by atoms with Gasteiger partial charge in [0.2, 0.25) is 5.13 Å².